The average molecular weight is 338 g/mol. The van der Waals surface area contributed by atoms with Crippen LogP contribution in [0.4, 0.5) is 0 Å². The molecule has 2 aromatic heterocycles. The Morgan fingerprint density at radius 2 is 2.00 bits per heavy atom. The van der Waals surface area contributed by atoms with Crippen molar-refractivity contribution in [2.45, 2.75) is 32.7 Å². The summed E-state index contributed by atoms with van der Waals surface area (Å²) in [6.45, 7) is 4.87. The lowest BCUT2D eigenvalue weighted by molar-refractivity contribution is 0.0735. The Hall–Kier alpha value is -2.70. The number of aryl methyl sites for hydroxylation is 3. The molecule has 1 saturated heterocycles. The van der Waals surface area contributed by atoms with Crippen LogP contribution >= 0.6 is 0 Å². The highest BCUT2D eigenvalue weighted by Crippen LogP contribution is 2.36. The Morgan fingerprint density at radius 3 is 2.72 bits per heavy atom. The molecule has 1 fully saturated rings. The van der Waals surface area contributed by atoms with Crippen LogP contribution in [-0.4, -0.2) is 42.1 Å². The van der Waals surface area contributed by atoms with Gasteiger partial charge in [-0.1, -0.05) is 5.21 Å². The first-order valence-electron chi connectivity index (χ1n) is 8.58. The van der Waals surface area contributed by atoms with Gasteiger partial charge in [0.1, 0.15) is 5.52 Å². The Labute approximate surface area is 146 Å². The third kappa shape index (κ3) is 2.42. The van der Waals surface area contributed by atoms with Crippen molar-refractivity contribution < 1.29 is 4.79 Å². The summed E-state index contributed by atoms with van der Waals surface area (Å²) in [7, 11) is 3.80. The van der Waals surface area contributed by atoms with Gasteiger partial charge in [0.05, 0.1) is 17.3 Å². The quantitative estimate of drug-likeness (QED) is 0.719. The molecular weight excluding hydrogens is 316 g/mol. The van der Waals surface area contributed by atoms with Gasteiger partial charge in [0.25, 0.3) is 5.91 Å². The van der Waals surface area contributed by atoms with Crippen LogP contribution in [0.15, 0.2) is 18.2 Å². The maximum atomic E-state index is 13.2. The van der Waals surface area contributed by atoms with Crippen LogP contribution < -0.4 is 0 Å². The molecule has 0 saturated carbocycles. The largest absolute Gasteiger partial charge is 0.331 e. The Kier molecular flexibility index (Phi) is 3.59. The third-order valence-corrected chi connectivity index (χ3v) is 5.27. The van der Waals surface area contributed by atoms with Gasteiger partial charge in [-0.2, -0.15) is 5.10 Å². The third-order valence-electron chi connectivity index (χ3n) is 5.27. The number of hydrogen-bond acceptors (Lipinski definition) is 4. The van der Waals surface area contributed by atoms with Crippen LogP contribution in [-0.2, 0) is 14.1 Å². The SMILES string of the molecule is Cc1nn(C)c(C)c1C1CCCN1C(=O)c1ccc2c(c1)nnn2C. The fourth-order valence-corrected chi connectivity index (χ4v) is 3.92. The van der Waals surface area contributed by atoms with E-state index < -0.39 is 0 Å². The van der Waals surface area contributed by atoms with E-state index in [4.69, 9.17) is 0 Å². The number of hydrogen-bond donors (Lipinski definition) is 0. The molecule has 7 nitrogen and oxygen atoms in total. The summed E-state index contributed by atoms with van der Waals surface area (Å²) in [5, 5.41) is 12.7. The van der Waals surface area contributed by atoms with Crippen LogP contribution in [0.1, 0.15) is 46.2 Å². The maximum absolute atomic E-state index is 13.2. The van der Waals surface area contributed by atoms with Crippen LogP contribution in [0.2, 0.25) is 0 Å². The van der Waals surface area contributed by atoms with Gasteiger partial charge in [-0.3, -0.25) is 9.48 Å². The Morgan fingerprint density at radius 1 is 1.20 bits per heavy atom. The molecule has 0 spiro atoms. The second-order valence-corrected chi connectivity index (χ2v) is 6.78. The van der Waals surface area contributed by atoms with E-state index in [1.165, 1.54) is 5.56 Å². The van der Waals surface area contributed by atoms with Crippen molar-refractivity contribution in [1.29, 1.82) is 0 Å². The van der Waals surface area contributed by atoms with Crippen LogP contribution in [0.3, 0.4) is 0 Å². The second-order valence-electron chi connectivity index (χ2n) is 6.78. The molecule has 0 N–H and O–H groups in total. The first-order chi connectivity index (χ1) is 12.0. The molecule has 130 valence electrons. The zero-order valence-corrected chi connectivity index (χ0v) is 15.0. The monoisotopic (exact) mass is 338 g/mol. The zero-order chi connectivity index (χ0) is 17.7. The van der Waals surface area contributed by atoms with E-state index >= 15 is 0 Å². The van der Waals surface area contributed by atoms with E-state index in [1.54, 1.807) is 4.68 Å². The molecule has 1 aliphatic rings. The minimum Gasteiger partial charge on any atom is -0.331 e. The van der Waals surface area contributed by atoms with Crippen LogP contribution in [0, 0.1) is 13.8 Å². The number of likely N-dealkylation sites (tertiary alicyclic amines) is 1. The number of carbonyl (C=O) groups is 1. The van der Waals surface area contributed by atoms with Crippen molar-refractivity contribution in [3.63, 3.8) is 0 Å². The molecule has 1 amide bonds. The molecular formula is C18H22N6O. The highest BCUT2D eigenvalue weighted by molar-refractivity contribution is 5.97. The number of carbonyl (C=O) groups excluding carboxylic acids is 1. The summed E-state index contributed by atoms with van der Waals surface area (Å²) >= 11 is 0. The highest BCUT2D eigenvalue weighted by atomic mass is 16.2. The summed E-state index contributed by atoms with van der Waals surface area (Å²) in [6.07, 6.45) is 1.99. The van der Waals surface area contributed by atoms with Crippen molar-refractivity contribution in [3.05, 3.63) is 40.7 Å². The second kappa shape index (κ2) is 5.68. The van der Waals surface area contributed by atoms with E-state index in [2.05, 4.69) is 22.3 Å². The molecule has 1 aromatic carbocycles. The molecule has 0 bridgehead atoms. The Bertz CT molecular complexity index is 970. The van der Waals surface area contributed by atoms with Crippen LogP contribution in [0.25, 0.3) is 11.0 Å². The van der Waals surface area contributed by atoms with Gasteiger partial charge >= 0.3 is 0 Å². The van der Waals surface area contributed by atoms with Gasteiger partial charge in [0, 0.05) is 37.5 Å². The van der Waals surface area contributed by atoms with Crippen molar-refractivity contribution in [3.8, 4) is 0 Å². The van der Waals surface area contributed by atoms with E-state index in [9.17, 15) is 4.79 Å². The van der Waals surface area contributed by atoms with Gasteiger partial charge in [-0.25, -0.2) is 4.68 Å². The molecule has 7 heteroatoms. The molecule has 3 aromatic rings. The van der Waals surface area contributed by atoms with E-state index in [0.717, 1.165) is 41.8 Å². The topological polar surface area (TPSA) is 68.8 Å². The number of amides is 1. The molecule has 1 atom stereocenters. The van der Waals surface area contributed by atoms with E-state index in [0.29, 0.717) is 5.56 Å². The molecule has 1 aliphatic heterocycles. The number of aromatic nitrogens is 5. The fourth-order valence-electron chi connectivity index (χ4n) is 3.92. The van der Waals surface area contributed by atoms with E-state index in [-0.39, 0.29) is 11.9 Å². The minimum atomic E-state index is 0.0534. The number of benzene rings is 1. The smallest absolute Gasteiger partial charge is 0.254 e. The van der Waals surface area contributed by atoms with Crippen molar-refractivity contribution >= 4 is 16.9 Å². The highest BCUT2D eigenvalue weighted by Gasteiger charge is 2.34. The lowest BCUT2D eigenvalue weighted by Gasteiger charge is -2.25. The molecule has 3 heterocycles. The van der Waals surface area contributed by atoms with E-state index in [1.807, 2.05) is 48.8 Å². The summed E-state index contributed by atoms with van der Waals surface area (Å²) in [5.41, 5.74) is 5.67. The molecule has 25 heavy (non-hydrogen) atoms. The maximum Gasteiger partial charge on any atom is 0.254 e. The number of fused-ring (bicyclic) bond motifs is 1. The first kappa shape index (κ1) is 15.8. The number of nitrogens with zero attached hydrogens (tertiary/aromatic N) is 6. The average Bonchev–Trinajstić information content (AvgIpc) is 3.26. The summed E-state index contributed by atoms with van der Waals surface area (Å²) in [6, 6.07) is 5.71. The van der Waals surface area contributed by atoms with Gasteiger partial charge in [0.2, 0.25) is 0 Å². The molecule has 1 unspecified atom stereocenters. The summed E-state index contributed by atoms with van der Waals surface area (Å²) < 4.78 is 3.61. The zero-order valence-electron chi connectivity index (χ0n) is 15.0. The predicted molar refractivity (Wildman–Crippen MR) is 94.2 cm³/mol. The van der Waals surface area contributed by atoms with Gasteiger partial charge < -0.3 is 4.90 Å². The first-order valence-corrected chi connectivity index (χ1v) is 8.58. The van der Waals surface area contributed by atoms with Crippen molar-refractivity contribution in [2.75, 3.05) is 6.54 Å². The minimum absolute atomic E-state index is 0.0534. The van der Waals surface area contributed by atoms with Crippen LogP contribution in [0.5, 0.6) is 0 Å². The van der Waals surface area contributed by atoms with Crippen molar-refractivity contribution in [2.24, 2.45) is 14.1 Å². The summed E-state index contributed by atoms with van der Waals surface area (Å²) in [5.74, 6) is 0.0534. The van der Waals surface area contributed by atoms with Gasteiger partial charge in [-0.15, -0.1) is 5.10 Å². The normalized spacial score (nSPS) is 17.6. The molecule has 0 aliphatic carbocycles. The number of rotatable bonds is 2. The Balaban J connectivity index is 1.70. The van der Waals surface area contributed by atoms with Crippen molar-refractivity contribution in [1.82, 2.24) is 29.7 Å². The molecule has 0 radical (unpaired) electrons. The van der Waals surface area contributed by atoms with Gasteiger partial charge in [0.15, 0.2) is 0 Å². The van der Waals surface area contributed by atoms with Gasteiger partial charge in [-0.05, 0) is 44.9 Å². The predicted octanol–water partition coefficient (Wildman–Crippen LogP) is 2.30. The lowest BCUT2D eigenvalue weighted by atomic mass is 10.0. The summed E-state index contributed by atoms with van der Waals surface area (Å²) in [4.78, 5) is 15.1. The molecule has 4 rings (SSSR count). The lowest BCUT2D eigenvalue weighted by Crippen LogP contribution is -2.31. The standard InChI is InChI=1S/C18H22N6O/c1-11-17(12(2)22(3)20-11)16-6-5-9-24(16)18(25)13-7-8-15-14(10-13)19-21-23(15)4/h7-8,10,16H,5-6,9H2,1-4H3. The fraction of sp³-hybridized carbons (Fsp3) is 0.444.